The van der Waals surface area contributed by atoms with Crippen molar-refractivity contribution in [1.29, 1.82) is 0 Å². The molecule has 0 saturated carbocycles. The number of ether oxygens (including phenoxy) is 3. The van der Waals surface area contributed by atoms with Crippen molar-refractivity contribution in [2.24, 2.45) is 0 Å². The number of hydrogen-bond donors (Lipinski definition) is 2. The number of rotatable bonds is 6. The summed E-state index contributed by atoms with van der Waals surface area (Å²) in [4.78, 5) is 24.9. The van der Waals surface area contributed by atoms with E-state index in [0.717, 1.165) is 11.3 Å². The van der Waals surface area contributed by atoms with Crippen molar-refractivity contribution >= 4 is 33.9 Å². The van der Waals surface area contributed by atoms with Crippen molar-refractivity contribution in [2.75, 3.05) is 31.9 Å². The summed E-state index contributed by atoms with van der Waals surface area (Å²) in [6.45, 7) is 3.61. The van der Waals surface area contributed by atoms with Gasteiger partial charge >= 0.3 is 5.97 Å². The number of methoxy groups -OCH3 is 2. The number of hydrogen-bond acceptors (Lipinski definition) is 7. The van der Waals surface area contributed by atoms with Crippen molar-refractivity contribution in [3.8, 4) is 11.5 Å². The number of carbonyl (C=O) groups excluding carboxylic acids is 2. The van der Waals surface area contributed by atoms with Gasteiger partial charge in [0.2, 0.25) is 0 Å². The summed E-state index contributed by atoms with van der Waals surface area (Å²) >= 11 is 1.04. The third kappa shape index (κ3) is 3.85. The topological polar surface area (TPSA) is 99.9 Å². The highest BCUT2D eigenvalue weighted by Gasteiger charge is 2.24. The van der Waals surface area contributed by atoms with Crippen LogP contribution < -0.4 is 20.5 Å². The molecule has 2 aromatic rings. The van der Waals surface area contributed by atoms with Gasteiger partial charge in [-0.1, -0.05) is 0 Å². The van der Waals surface area contributed by atoms with Gasteiger partial charge in [-0.3, -0.25) is 4.79 Å². The lowest BCUT2D eigenvalue weighted by Crippen LogP contribution is -2.13. The van der Waals surface area contributed by atoms with E-state index in [1.54, 1.807) is 39.2 Å². The van der Waals surface area contributed by atoms with E-state index in [-0.39, 0.29) is 23.1 Å². The average Bonchev–Trinajstić information content (AvgIpc) is 2.90. The molecule has 25 heavy (non-hydrogen) atoms. The normalized spacial score (nSPS) is 10.2. The maximum absolute atomic E-state index is 12.6. The zero-order valence-electron chi connectivity index (χ0n) is 14.5. The second-order valence-corrected chi connectivity index (χ2v) is 6.09. The van der Waals surface area contributed by atoms with Crippen LogP contribution in [0, 0.1) is 6.92 Å². The van der Waals surface area contributed by atoms with Gasteiger partial charge in [0.15, 0.2) is 0 Å². The molecule has 0 spiro atoms. The summed E-state index contributed by atoms with van der Waals surface area (Å²) in [5, 5.41) is 3.02. The Bertz CT molecular complexity index is 801. The van der Waals surface area contributed by atoms with Gasteiger partial charge in [-0.05, 0) is 31.5 Å². The molecule has 0 aliphatic heterocycles. The Morgan fingerprint density at radius 1 is 1.24 bits per heavy atom. The summed E-state index contributed by atoms with van der Waals surface area (Å²) in [5.74, 6) is 0.152. The van der Waals surface area contributed by atoms with Gasteiger partial charge in [0.05, 0.1) is 37.0 Å². The smallest absolute Gasteiger partial charge is 0.341 e. The fourth-order valence-electron chi connectivity index (χ4n) is 2.29. The highest BCUT2D eigenvalue weighted by Crippen LogP contribution is 2.34. The van der Waals surface area contributed by atoms with Gasteiger partial charge < -0.3 is 25.3 Å². The number of nitrogens with one attached hydrogen (secondary N) is 1. The van der Waals surface area contributed by atoms with Gasteiger partial charge in [0.1, 0.15) is 16.5 Å². The minimum Gasteiger partial charge on any atom is -0.497 e. The van der Waals surface area contributed by atoms with Crippen LogP contribution in [0.1, 0.15) is 32.5 Å². The van der Waals surface area contributed by atoms with Crippen molar-refractivity contribution in [3.05, 3.63) is 34.2 Å². The maximum Gasteiger partial charge on any atom is 0.341 e. The minimum absolute atomic E-state index is 0.234. The van der Waals surface area contributed by atoms with Crippen LogP contribution >= 0.6 is 11.3 Å². The third-order valence-corrected chi connectivity index (χ3v) is 4.64. The lowest BCUT2D eigenvalue weighted by molar-refractivity contribution is 0.0527. The monoisotopic (exact) mass is 364 g/mol. The number of nitrogens with two attached hydrogens (primary N) is 1. The van der Waals surface area contributed by atoms with Gasteiger partial charge in [-0.25, -0.2) is 4.79 Å². The average molecular weight is 364 g/mol. The first-order chi connectivity index (χ1) is 11.9. The molecule has 0 fully saturated rings. The molecule has 1 aromatic heterocycles. The molecule has 0 atom stereocenters. The molecule has 0 radical (unpaired) electrons. The van der Waals surface area contributed by atoms with E-state index in [4.69, 9.17) is 19.9 Å². The van der Waals surface area contributed by atoms with Crippen molar-refractivity contribution in [1.82, 2.24) is 0 Å². The van der Waals surface area contributed by atoms with E-state index >= 15 is 0 Å². The number of amides is 1. The summed E-state index contributed by atoms with van der Waals surface area (Å²) < 4.78 is 15.4. The van der Waals surface area contributed by atoms with Crippen LogP contribution in [0.4, 0.5) is 10.7 Å². The van der Waals surface area contributed by atoms with Crippen LogP contribution in [0.15, 0.2) is 18.2 Å². The molecule has 2 rings (SSSR count). The second-order valence-electron chi connectivity index (χ2n) is 5.04. The zero-order valence-corrected chi connectivity index (χ0v) is 15.3. The molecule has 0 aliphatic rings. The molecule has 1 aromatic carbocycles. The highest BCUT2D eigenvalue weighted by molar-refractivity contribution is 7.18. The summed E-state index contributed by atoms with van der Waals surface area (Å²) in [6.07, 6.45) is 0. The van der Waals surface area contributed by atoms with E-state index < -0.39 is 5.97 Å². The molecule has 0 saturated heterocycles. The van der Waals surface area contributed by atoms with E-state index in [1.165, 1.54) is 7.11 Å². The minimum atomic E-state index is -0.533. The van der Waals surface area contributed by atoms with Gasteiger partial charge in [0.25, 0.3) is 5.91 Å². The van der Waals surface area contributed by atoms with Gasteiger partial charge in [0, 0.05) is 6.07 Å². The molecule has 8 heteroatoms. The van der Waals surface area contributed by atoms with Crippen LogP contribution in [0.3, 0.4) is 0 Å². The Morgan fingerprint density at radius 2 is 1.96 bits per heavy atom. The zero-order chi connectivity index (χ0) is 18.6. The summed E-state index contributed by atoms with van der Waals surface area (Å²) in [7, 11) is 3.04. The molecular weight excluding hydrogens is 344 g/mol. The van der Waals surface area contributed by atoms with Crippen LogP contribution in [0.2, 0.25) is 0 Å². The molecule has 3 N–H and O–H groups in total. The molecule has 1 amide bonds. The van der Waals surface area contributed by atoms with Crippen LogP contribution in [-0.2, 0) is 4.74 Å². The van der Waals surface area contributed by atoms with E-state index in [9.17, 15) is 9.59 Å². The van der Waals surface area contributed by atoms with Crippen molar-refractivity contribution in [3.63, 3.8) is 0 Å². The summed E-state index contributed by atoms with van der Waals surface area (Å²) in [5.41, 5.74) is 7.11. The number of carbonyl (C=O) groups is 2. The first kappa shape index (κ1) is 18.6. The molecule has 1 heterocycles. The fraction of sp³-hybridized carbons (Fsp3) is 0.294. The Hall–Kier alpha value is -2.74. The van der Waals surface area contributed by atoms with Crippen LogP contribution in [0.5, 0.6) is 11.5 Å². The first-order valence-electron chi connectivity index (χ1n) is 7.52. The Labute approximate surface area is 149 Å². The first-order valence-corrected chi connectivity index (χ1v) is 8.33. The number of esters is 1. The number of thiophene rings is 1. The molecule has 7 nitrogen and oxygen atoms in total. The predicted molar refractivity (Wildman–Crippen MR) is 96.9 cm³/mol. The highest BCUT2D eigenvalue weighted by atomic mass is 32.1. The lowest BCUT2D eigenvalue weighted by atomic mass is 10.1. The van der Waals surface area contributed by atoms with E-state index in [1.807, 2.05) is 0 Å². The van der Waals surface area contributed by atoms with Crippen molar-refractivity contribution < 1.29 is 23.8 Å². The Morgan fingerprint density at radius 3 is 2.56 bits per heavy atom. The second kappa shape index (κ2) is 7.89. The van der Waals surface area contributed by atoms with Crippen molar-refractivity contribution in [2.45, 2.75) is 13.8 Å². The SMILES string of the molecule is CCOC(=O)c1c(N)sc(C(=O)Nc2ccc(OC)cc2OC)c1C. The lowest BCUT2D eigenvalue weighted by Gasteiger charge is -2.11. The predicted octanol–water partition coefficient (Wildman–Crippen LogP) is 3.08. The fourth-order valence-corrected chi connectivity index (χ4v) is 3.25. The molecule has 0 aliphatic carbocycles. The van der Waals surface area contributed by atoms with Crippen LogP contribution in [-0.4, -0.2) is 32.7 Å². The van der Waals surface area contributed by atoms with Crippen LogP contribution in [0.25, 0.3) is 0 Å². The molecule has 0 bridgehead atoms. The Balaban J connectivity index is 2.31. The van der Waals surface area contributed by atoms with Gasteiger partial charge in [-0.2, -0.15) is 0 Å². The maximum atomic E-state index is 12.6. The quantitative estimate of drug-likeness (QED) is 0.764. The number of nitrogen functional groups attached to an aromatic ring is 1. The Kier molecular flexibility index (Phi) is 5.87. The number of benzene rings is 1. The van der Waals surface area contributed by atoms with Gasteiger partial charge in [-0.15, -0.1) is 11.3 Å². The summed E-state index contributed by atoms with van der Waals surface area (Å²) in [6, 6.07) is 5.04. The van der Waals surface area contributed by atoms with E-state index in [2.05, 4.69) is 5.32 Å². The largest absolute Gasteiger partial charge is 0.497 e. The molecule has 0 unspecified atom stereocenters. The molecule has 134 valence electrons. The third-order valence-electron chi connectivity index (χ3n) is 3.52. The molecular formula is C17H20N2O5S. The number of anilines is 2. The van der Waals surface area contributed by atoms with E-state index in [0.29, 0.717) is 27.6 Å². The standard InChI is InChI=1S/C17H20N2O5S/c1-5-24-17(21)13-9(2)14(25-15(13)18)16(20)19-11-7-6-10(22-3)8-12(11)23-4/h6-8H,5,18H2,1-4H3,(H,19,20).